The molecule has 1 aliphatic carbocycles. The quantitative estimate of drug-likeness (QED) is 0.271. The van der Waals surface area contributed by atoms with Gasteiger partial charge in [-0.25, -0.2) is 9.97 Å². The van der Waals surface area contributed by atoms with Gasteiger partial charge in [-0.3, -0.25) is 0 Å². The van der Waals surface area contributed by atoms with Crippen LogP contribution in [0.4, 0.5) is 0 Å². The van der Waals surface area contributed by atoms with Crippen molar-refractivity contribution in [1.82, 2.24) is 9.97 Å². The molecule has 6 rings (SSSR count). The number of rotatable bonds is 3. The zero-order chi connectivity index (χ0) is 23.3. The van der Waals surface area contributed by atoms with Crippen molar-refractivity contribution in [3.63, 3.8) is 0 Å². The minimum absolute atomic E-state index is 0.234. The molecule has 0 radical (unpaired) electrons. The van der Waals surface area contributed by atoms with E-state index in [0.29, 0.717) is 10.8 Å². The average molecular weight is 459 g/mol. The van der Waals surface area contributed by atoms with Gasteiger partial charge in [0.25, 0.3) is 0 Å². The minimum Gasteiger partial charge on any atom is -0.243 e. The highest BCUT2D eigenvalue weighted by molar-refractivity contribution is 6.32. The van der Waals surface area contributed by atoms with E-state index >= 15 is 0 Å². The first-order valence-electron chi connectivity index (χ1n) is 11.5. The molecule has 1 aliphatic rings. The molecule has 0 spiro atoms. The zero-order valence-corrected chi connectivity index (χ0v) is 19.8. The molecule has 0 amide bonds. The summed E-state index contributed by atoms with van der Waals surface area (Å²) in [6, 6.07) is 35.8. The van der Waals surface area contributed by atoms with E-state index in [1.807, 2.05) is 12.1 Å². The van der Waals surface area contributed by atoms with Gasteiger partial charge in [0.15, 0.2) is 5.15 Å². The van der Waals surface area contributed by atoms with Gasteiger partial charge < -0.3 is 0 Å². The van der Waals surface area contributed by atoms with Gasteiger partial charge in [0.2, 0.25) is 0 Å². The molecular formula is C31H23ClN2. The monoisotopic (exact) mass is 458 g/mol. The Morgan fingerprint density at radius 1 is 0.559 bits per heavy atom. The lowest BCUT2D eigenvalue weighted by molar-refractivity contribution is 0.635. The number of hydrogen-bond acceptors (Lipinski definition) is 2. The SMILES string of the molecule is CC1(C)c2ccccc2-c2nc(-c3cc(-c4ccccc4)cc(-c4ccccc4)c3)c(Cl)nc21. The Labute approximate surface area is 204 Å². The normalized spacial score (nSPS) is 13.4. The molecule has 1 heterocycles. The number of fused-ring (bicyclic) bond motifs is 3. The first-order chi connectivity index (χ1) is 16.5. The standard InChI is InChI=1S/C31H23ClN2/c1-31(2)26-16-10-9-15-25(26)28-29(31)34-30(32)27(33-28)24-18-22(20-11-5-3-6-12-20)17-23(19-24)21-13-7-4-8-14-21/h3-19H,1-2H3. The molecule has 0 fully saturated rings. The van der Waals surface area contributed by atoms with Crippen molar-refractivity contribution in [1.29, 1.82) is 0 Å². The van der Waals surface area contributed by atoms with Crippen molar-refractivity contribution in [2.75, 3.05) is 0 Å². The van der Waals surface area contributed by atoms with Crippen LogP contribution in [0.3, 0.4) is 0 Å². The molecule has 3 heteroatoms. The van der Waals surface area contributed by atoms with Crippen molar-refractivity contribution in [3.8, 4) is 44.8 Å². The summed E-state index contributed by atoms with van der Waals surface area (Å²) in [7, 11) is 0. The summed E-state index contributed by atoms with van der Waals surface area (Å²) in [5.74, 6) is 0. The number of halogens is 1. The van der Waals surface area contributed by atoms with Gasteiger partial charge in [-0.15, -0.1) is 0 Å². The molecule has 164 valence electrons. The Balaban J connectivity index is 1.59. The van der Waals surface area contributed by atoms with Crippen LogP contribution in [0.25, 0.3) is 44.8 Å². The average Bonchev–Trinajstić information content (AvgIpc) is 3.10. The van der Waals surface area contributed by atoms with Crippen molar-refractivity contribution >= 4 is 11.6 Å². The molecule has 0 saturated heterocycles. The lowest BCUT2D eigenvalue weighted by Gasteiger charge is -2.20. The summed E-state index contributed by atoms with van der Waals surface area (Å²) in [5.41, 5.74) is 10.2. The molecule has 4 aromatic carbocycles. The largest absolute Gasteiger partial charge is 0.243 e. The maximum atomic E-state index is 6.84. The first-order valence-corrected chi connectivity index (χ1v) is 11.8. The van der Waals surface area contributed by atoms with Gasteiger partial charge in [-0.05, 0) is 46.0 Å². The second-order valence-corrected chi connectivity index (χ2v) is 9.62. The molecule has 0 atom stereocenters. The molecule has 34 heavy (non-hydrogen) atoms. The van der Waals surface area contributed by atoms with E-state index in [1.165, 1.54) is 5.56 Å². The topological polar surface area (TPSA) is 25.8 Å². The van der Waals surface area contributed by atoms with Gasteiger partial charge >= 0.3 is 0 Å². The summed E-state index contributed by atoms with van der Waals surface area (Å²) in [6.45, 7) is 4.37. The lowest BCUT2D eigenvalue weighted by Crippen LogP contribution is -2.17. The molecular weight excluding hydrogens is 436 g/mol. The van der Waals surface area contributed by atoms with Crippen molar-refractivity contribution in [3.05, 3.63) is 120 Å². The summed E-state index contributed by atoms with van der Waals surface area (Å²) < 4.78 is 0. The highest BCUT2D eigenvalue weighted by Gasteiger charge is 2.38. The van der Waals surface area contributed by atoms with E-state index in [-0.39, 0.29) is 5.41 Å². The fourth-order valence-electron chi connectivity index (χ4n) is 4.94. The minimum atomic E-state index is -0.234. The van der Waals surface area contributed by atoms with E-state index in [1.54, 1.807) is 0 Å². The van der Waals surface area contributed by atoms with Crippen molar-refractivity contribution in [2.24, 2.45) is 0 Å². The first kappa shape index (κ1) is 20.8. The van der Waals surface area contributed by atoms with Gasteiger partial charge in [-0.1, -0.05) is 110 Å². The van der Waals surface area contributed by atoms with Gasteiger partial charge in [-0.2, -0.15) is 0 Å². The van der Waals surface area contributed by atoms with Crippen molar-refractivity contribution in [2.45, 2.75) is 19.3 Å². The second-order valence-electron chi connectivity index (χ2n) is 9.26. The lowest BCUT2D eigenvalue weighted by atomic mass is 9.85. The highest BCUT2D eigenvalue weighted by atomic mass is 35.5. The summed E-state index contributed by atoms with van der Waals surface area (Å²) >= 11 is 6.84. The van der Waals surface area contributed by atoms with E-state index in [4.69, 9.17) is 21.6 Å². The zero-order valence-electron chi connectivity index (χ0n) is 19.1. The Kier molecular flexibility index (Phi) is 4.86. The number of benzene rings is 4. The van der Waals surface area contributed by atoms with Crippen LogP contribution in [0.5, 0.6) is 0 Å². The Morgan fingerprint density at radius 3 is 1.71 bits per heavy atom. The van der Waals surface area contributed by atoms with E-state index in [0.717, 1.165) is 44.8 Å². The summed E-state index contributed by atoms with van der Waals surface area (Å²) in [5, 5.41) is 0.434. The van der Waals surface area contributed by atoms with Crippen LogP contribution in [0.15, 0.2) is 103 Å². The molecule has 0 N–H and O–H groups in total. The summed E-state index contributed by atoms with van der Waals surface area (Å²) in [6.07, 6.45) is 0. The Hall–Kier alpha value is -3.75. The third-order valence-electron chi connectivity index (χ3n) is 6.72. The van der Waals surface area contributed by atoms with Crippen molar-refractivity contribution < 1.29 is 0 Å². The Morgan fingerprint density at radius 2 is 1.09 bits per heavy atom. The van der Waals surface area contributed by atoms with E-state index < -0.39 is 0 Å². The molecule has 1 aromatic heterocycles. The maximum Gasteiger partial charge on any atom is 0.155 e. The molecule has 2 nitrogen and oxygen atoms in total. The number of hydrogen-bond donors (Lipinski definition) is 0. The maximum absolute atomic E-state index is 6.84. The third-order valence-corrected chi connectivity index (χ3v) is 6.99. The molecule has 0 bridgehead atoms. The molecule has 0 saturated carbocycles. The highest BCUT2D eigenvalue weighted by Crippen LogP contribution is 2.48. The van der Waals surface area contributed by atoms with E-state index in [9.17, 15) is 0 Å². The summed E-state index contributed by atoms with van der Waals surface area (Å²) in [4.78, 5) is 10.0. The fourth-order valence-corrected chi connectivity index (χ4v) is 5.18. The predicted octanol–water partition coefficient (Wildman–Crippen LogP) is 8.44. The fraction of sp³-hybridized carbons (Fsp3) is 0.0968. The smallest absolute Gasteiger partial charge is 0.155 e. The number of aromatic nitrogens is 2. The van der Waals surface area contributed by atoms with Crippen LogP contribution in [-0.4, -0.2) is 9.97 Å². The van der Waals surface area contributed by atoms with Crippen LogP contribution in [0.1, 0.15) is 25.1 Å². The Bertz CT molecular complexity index is 1460. The van der Waals surface area contributed by atoms with Crippen LogP contribution < -0.4 is 0 Å². The number of nitrogens with zero attached hydrogens (tertiary/aromatic N) is 2. The van der Waals surface area contributed by atoms with Gasteiger partial charge in [0.1, 0.15) is 5.69 Å². The van der Waals surface area contributed by atoms with Crippen LogP contribution in [-0.2, 0) is 5.41 Å². The molecule has 0 unspecified atom stereocenters. The van der Waals surface area contributed by atoms with Crippen LogP contribution in [0.2, 0.25) is 5.15 Å². The van der Waals surface area contributed by atoms with Gasteiger partial charge in [0, 0.05) is 16.5 Å². The predicted molar refractivity (Wildman–Crippen MR) is 141 cm³/mol. The van der Waals surface area contributed by atoms with Gasteiger partial charge in [0.05, 0.1) is 11.4 Å². The molecule has 5 aromatic rings. The third kappa shape index (κ3) is 3.34. The molecule has 0 aliphatic heterocycles. The van der Waals surface area contributed by atoms with E-state index in [2.05, 4.69) is 105 Å². The van der Waals surface area contributed by atoms with Crippen LogP contribution in [0, 0.1) is 0 Å². The second kappa shape index (κ2) is 7.93. The van der Waals surface area contributed by atoms with Crippen LogP contribution >= 0.6 is 11.6 Å².